The van der Waals surface area contributed by atoms with E-state index in [1.54, 1.807) is 0 Å². The van der Waals surface area contributed by atoms with Gasteiger partial charge in [-0.15, -0.1) is 0 Å². The van der Waals surface area contributed by atoms with Gasteiger partial charge in [-0.1, -0.05) is 72.3 Å². The third-order valence-electron chi connectivity index (χ3n) is 5.99. The summed E-state index contributed by atoms with van der Waals surface area (Å²) < 4.78 is 0. The summed E-state index contributed by atoms with van der Waals surface area (Å²) in [4.78, 5) is 0. The second kappa shape index (κ2) is 9.33. The fourth-order valence-electron chi connectivity index (χ4n) is 4.12. The van der Waals surface area contributed by atoms with Crippen LogP contribution < -0.4 is 21.5 Å². The van der Waals surface area contributed by atoms with Gasteiger partial charge in [0.1, 0.15) is 6.17 Å². The molecule has 1 aliphatic rings. The first-order chi connectivity index (χ1) is 15.4. The van der Waals surface area contributed by atoms with Gasteiger partial charge in [0, 0.05) is 18.4 Å². The average molecular weight is 425 g/mol. The summed E-state index contributed by atoms with van der Waals surface area (Å²) in [5.41, 5.74) is 18.3. The lowest BCUT2D eigenvalue weighted by atomic mass is 10.0. The molecule has 1 unspecified atom stereocenters. The Hall–Kier alpha value is -3.50. The van der Waals surface area contributed by atoms with Crippen LogP contribution in [0, 0.1) is 27.7 Å². The van der Waals surface area contributed by atoms with E-state index in [1.807, 2.05) is 6.20 Å². The first-order valence-electron chi connectivity index (χ1n) is 11.1. The van der Waals surface area contributed by atoms with Crippen molar-refractivity contribution in [3.63, 3.8) is 0 Å². The Kier molecular flexibility index (Phi) is 6.33. The zero-order valence-corrected chi connectivity index (χ0v) is 19.3. The van der Waals surface area contributed by atoms with Crippen molar-refractivity contribution in [2.24, 2.45) is 0 Å². The third-order valence-corrected chi connectivity index (χ3v) is 5.99. The fourth-order valence-corrected chi connectivity index (χ4v) is 4.12. The lowest BCUT2D eigenvalue weighted by Gasteiger charge is -2.29. The molecule has 1 atom stereocenters. The Morgan fingerprint density at radius 2 is 1.66 bits per heavy atom. The SMILES string of the molecule is C=C(NCc1ccc(C)cc1C)c1cccc(C2=CNNC(c3ccc(C)cc3C)N2)c1. The van der Waals surface area contributed by atoms with Crippen LogP contribution in [0.4, 0.5) is 0 Å². The molecule has 4 rings (SSSR count). The second-order valence-electron chi connectivity index (χ2n) is 8.63. The lowest BCUT2D eigenvalue weighted by Crippen LogP contribution is -2.44. The van der Waals surface area contributed by atoms with Crippen molar-refractivity contribution in [3.8, 4) is 0 Å². The van der Waals surface area contributed by atoms with Gasteiger partial charge in [-0.05, 0) is 67.1 Å². The van der Waals surface area contributed by atoms with Crippen LogP contribution in [0.1, 0.15) is 50.7 Å². The van der Waals surface area contributed by atoms with Crippen molar-refractivity contribution in [1.82, 2.24) is 21.5 Å². The van der Waals surface area contributed by atoms with Crippen LogP contribution in [0.2, 0.25) is 0 Å². The normalized spacial score (nSPS) is 15.4. The van der Waals surface area contributed by atoms with Crippen molar-refractivity contribution in [3.05, 3.63) is 118 Å². The smallest absolute Gasteiger partial charge is 0.120 e. The van der Waals surface area contributed by atoms with Crippen LogP contribution in [0.5, 0.6) is 0 Å². The molecule has 0 aromatic heterocycles. The standard InChI is InChI=1S/C28H32N4/c1-18-9-11-25(20(3)13-18)16-29-22(5)23-7-6-8-24(15-23)27-17-30-32-28(31-27)26-12-10-19(2)14-21(26)4/h6-15,17,28-32H,5,16H2,1-4H3. The molecule has 32 heavy (non-hydrogen) atoms. The van der Waals surface area contributed by atoms with Crippen molar-refractivity contribution in [2.45, 2.75) is 40.4 Å². The van der Waals surface area contributed by atoms with E-state index >= 15 is 0 Å². The molecule has 0 fully saturated rings. The van der Waals surface area contributed by atoms with E-state index in [2.05, 4.69) is 116 Å². The van der Waals surface area contributed by atoms with Gasteiger partial charge in [0.05, 0.1) is 5.70 Å². The molecule has 1 heterocycles. The van der Waals surface area contributed by atoms with Gasteiger partial charge in [0.2, 0.25) is 0 Å². The number of hydrazine groups is 1. The zero-order valence-electron chi connectivity index (χ0n) is 19.3. The van der Waals surface area contributed by atoms with Crippen LogP contribution in [-0.2, 0) is 6.54 Å². The molecule has 1 aliphatic heterocycles. The van der Waals surface area contributed by atoms with E-state index in [-0.39, 0.29) is 6.17 Å². The van der Waals surface area contributed by atoms with Crippen molar-refractivity contribution in [1.29, 1.82) is 0 Å². The molecular formula is C28H32N4. The summed E-state index contributed by atoms with van der Waals surface area (Å²) >= 11 is 0. The highest BCUT2D eigenvalue weighted by Gasteiger charge is 2.18. The number of benzene rings is 3. The van der Waals surface area contributed by atoms with Gasteiger partial charge in [-0.2, -0.15) is 0 Å². The van der Waals surface area contributed by atoms with Crippen LogP contribution in [0.15, 0.2) is 73.4 Å². The van der Waals surface area contributed by atoms with Crippen LogP contribution in [0.3, 0.4) is 0 Å². The molecule has 0 amide bonds. The van der Waals surface area contributed by atoms with Crippen LogP contribution in [0.25, 0.3) is 11.4 Å². The van der Waals surface area contributed by atoms with Gasteiger partial charge in [0.15, 0.2) is 0 Å². The highest BCUT2D eigenvalue weighted by molar-refractivity contribution is 5.70. The Labute approximate surface area is 191 Å². The summed E-state index contributed by atoms with van der Waals surface area (Å²) in [5.74, 6) is 0. The van der Waals surface area contributed by atoms with Gasteiger partial charge in [-0.3, -0.25) is 0 Å². The van der Waals surface area contributed by atoms with Gasteiger partial charge >= 0.3 is 0 Å². The van der Waals surface area contributed by atoms with Crippen molar-refractivity contribution < 1.29 is 0 Å². The molecule has 0 aliphatic carbocycles. The van der Waals surface area contributed by atoms with Gasteiger partial charge < -0.3 is 16.1 Å². The number of hydrogen-bond donors (Lipinski definition) is 4. The predicted molar refractivity (Wildman–Crippen MR) is 134 cm³/mol. The van der Waals surface area contributed by atoms with E-state index < -0.39 is 0 Å². The minimum Gasteiger partial charge on any atom is -0.381 e. The Bertz CT molecular complexity index is 1180. The van der Waals surface area contributed by atoms with Crippen LogP contribution >= 0.6 is 0 Å². The molecule has 0 saturated carbocycles. The molecule has 4 nitrogen and oxygen atoms in total. The monoisotopic (exact) mass is 424 g/mol. The number of aryl methyl sites for hydroxylation is 4. The fraction of sp³-hybridized carbons (Fsp3) is 0.214. The summed E-state index contributed by atoms with van der Waals surface area (Å²) in [5, 5.41) is 7.11. The lowest BCUT2D eigenvalue weighted by molar-refractivity contribution is 0.438. The molecule has 0 bridgehead atoms. The Morgan fingerprint density at radius 1 is 0.906 bits per heavy atom. The van der Waals surface area contributed by atoms with Gasteiger partial charge in [-0.25, -0.2) is 5.43 Å². The third kappa shape index (κ3) is 4.87. The molecule has 164 valence electrons. The maximum Gasteiger partial charge on any atom is 0.120 e. The van der Waals surface area contributed by atoms with Crippen molar-refractivity contribution >= 4 is 11.4 Å². The summed E-state index contributed by atoms with van der Waals surface area (Å²) in [6, 6.07) is 21.5. The molecular weight excluding hydrogens is 392 g/mol. The quantitative estimate of drug-likeness (QED) is 0.429. The van der Waals surface area contributed by atoms with E-state index in [1.165, 1.54) is 33.4 Å². The summed E-state index contributed by atoms with van der Waals surface area (Å²) in [6.07, 6.45) is 1.95. The molecule has 4 N–H and O–H groups in total. The number of rotatable bonds is 6. The molecule has 0 radical (unpaired) electrons. The second-order valence-corrected chi connectivity index (χ2v) is 8.63. The first-order valence-corrected chi connectivity index (χ1v) is 11.1. The molecule has 3 aromatic rings. The molecule has 0 spiro atoms. The Morgan fingerprint density at radius 3 is 2.41 bits per heavy atom. The van der Waals surface area contributed by atoms with E-state index in [0.29, 0.717) is 0 Å². The summed E-state index contributed by atoms with van der Waals surface area (Å²) in [6.45, 7) is 13.6. The number of hydrogen-bond acceptors (Lipinski definition) is 4. The average Bonchev–Trinajstić information content (AvgIpc) is 2.78. The number of nitrogens with one attached hydrogen (secondary N) is 4. The van der Waals surface area contributed by atoms with Crippen LogP contribution in [-0.4, -0.2) is 0 Å². The van der Waals surface area contributed by atoms with Gasteiger partial charge in [0.25, 0.3) is 0 Å². The van der Waals surface area contributed by atoms with Crippen molar-refractivity contribution in [2.75, 3.05) is 0 Å². The molecule has 0 saturated heterocycles. The largest absolute Gasteiger partial charge is 0.381 e. The zero-order chi connectivity index (χ0) is 22.7. The first kappa shape index (κ1) is 21.7. The minimum absolute atomic E-state index is 0.00917. The maximum atomic E-state index is 4.28. The van der Waals surface area contributed by atoms with E-state index in [0.717, 1.165) is 29.1 Å². The van der Waals surface area contributed by atoms with E-state index in [9.17, 15) is 0 Å². The topological polar surface area (TPSA) is 48.1 Å². The highest BCUT2D eigenvalue weighted by atomic mass is 15.4. The highest BCUT2D eigenvalue weighted by Crippen LogP contribution is 2.24. The minimum atomic E-state index is -0.00917. The summed E-state index contributed by atoms with van der Waals surface area (Å²) in [7, 11) is 0. The van der Waals surface area contributed by atoms with E-state index in [4.69, 9.17) is 0 Å². The Balaban J connectivity index is 1.47. The maximum absolute atomic E-state index is 4.28. The predicted octanol–water partition coefficient (Wildman–Crippen LogP) is 5.38. The molecule has 4 heteroatoms. The molecule has 3 aromatic carbocycles.